The molecule has 1 heterocycles. The Morgan fingerprint density at radius 1 is 1.19 bits per heavy atom. The number of carbonyl (C=O) groups is 2. The lowest BCUT2D eigenvalue weighted by atomic mass is 10.2. The fraction of sp³-hybridized carbons (Fsp3) is 0.227. The SMILES string of the molecule is Cc1ccccc1OCC(=O)NCC(=O)N=Nc1c(O)n(CCC#N)c2ccccc12. The maximum Gasteiger partial charge on any atom is 0.283 e. The molecule has 1 aromatic heterocycles. The van der Waals surface area contributed by atoms with E-state index in [1.54, 1.807) is 41.0 Å². The predicted octanol–water partition coefficient (Wildman–Crippen LogP) is 3.37. The number of ether oxygens (including phenoxy) is 1. The number of rotatable bonds is 8. The minimum absolute atomic E-state index is 0.135. The van der Waals surface area contributed by atoms with Crippen LogP contribution in [0.1, 0.15) is 12.0 Å². The van der Waals surface area contributed by atoms with Gasteiger partial charge < -0.3 is 19.7 Å². The van der Waals surface area contributed by atoms with Gasteiger partial charge in [-0.1, -0.05) is 36.4 Å². The quantitative estimate of drug-likeness (QED) is 0.541. The molecule has 0 saturated heterocycles. The van der Waals surface area contributed by atoms with Crippen molar-refractivity contribution in [3.63, 3.8) is 0 Å². The summed E-state index contributed by atoms with van der Waals surface area (Å²) in [5.41, 5.74) is 1.71. The van der Waals surface area contributed by atoms with Crippen LogP contribution in [0, 0.1) is 18.3 Å². The van der Waals surface area contributed by atoms with Gasteiger partial charge in [0.05, 0.1) is 18.0 Å². The summed E-state index contributed by atoms with van der Waals surface area (Å²) in [6, 6.07) is 16.4. The van der Waals surface area contributed by atoms with Gasteiger partial charge in [0.1, 0.15) is 12.3 Å². The number of hydrogen-bond acceptors (Lipinski definition) is 6. The highest BCUT2D eigenvalue weighted by molar-refractivity contribution is 5.95. The van der Waals surface area contributed by atoms with Crippen LogP contribution in [-0.2, 0) is 16.1 Å². The lowest BCUT2D eigenvalue weighted by molar-refractivity contribution is -0.126. The standard InChI is InChI=1S/C22H21N5O4/c1-15-7-2-5-10-18(15)31-14-20(29)24-13-19(28)25-26-21-16-8-3-4-9-17(16)27(22(21)30)12-6-11-23/h2-5,7-10,30H,6,12-14H2,1H3,(H,24,29). The number of nitriles is 1. The molecule has 158 valence electrons. The van der Waals surface area contributed by atoms with E-state index in [0.717, 1.165) is 5.56 Å². The molecular weight excluding hydrogens is 398 g/mol. The fourth-order valence-corrected chi connectivity index (χ4v) is 2.99. The molecule has 0 atom stereocenters. The van der Waals surface area contributed by atoms with Crippen LogP contribution >= 0.6 is 0 Å². The van der Waals surface area contributed by atoms with Crippen molar-refractivity contribution >= 4 is 28.4 Å². The third-order valence-electron chi connectivity index (χ3n) is 4.52. The van der Waals surface area contributed by atoms with E-state index in [1.807, 2.05) is 25.1 Å². The Balaban J connectivity index is 1.60. The summed E-state index contributed by atoms with van der Waals surface area (Å²) >= 11 is 0. The van der Waals surface area contributed by atoms with E-state index in [0.29, 0.717) is 16.7 Å². The molecule has 0 aliphatic rings. The van der Waals surface area contributed by atoms with Crippen LogP contribution in [0.25, 0.3) is 10.9 Å². The van der Waals surface area contributed by atoms with Gasteiger partial charge in [-0.2, -0.15) is 5.26 Å². The second-order valence-corrected chi connectivity index (χ2v) is 6.67. The number of para-hydroxylation sites is 2. The van der Waals surface area contributed by atoms with Gasteiger partial charge in [0.2, 0.25) is 5.88 Å². The summed E-state index contributed by atoms with van der Waals surface area (Å²) in [5, 5.41) is 29.8. The third kappa shape index (κ3) is 5.25. The van der Waals surface area contributed by atoms with Crippen molar-refractivity contribution in [1.82, 2.24) is 9.88 Å². The van der Waals surface area contributed by atoms with E-state index < -0.39 is 11.8 Å². The molecule has 3 aromatic rings. The van der Waals surface area contributed by atoms with Gasteiger partial charge in [-0.05, 0) is 24.6 Å². The Bertz CT molecular complexity index is 1180. The predicted molar refractivity (Wildman–Crippen MR) is 113 cm³/mol. The lowest BCUT2D eigenvalue weighted by Crippen LogP contribution is -2.32. The molecule has 2 aromatic carbocycles. The van der Waals surface area contributed by atoms with E-state index in [1.165, 1.54) is 0 Å². The number of hydrogen-bond donors (Lipinski definition) is 2. The van der Waals surface area contributed by atoms with Gasteiger partial charge in [0.25, 0.3) is 11.8 Å². The minimum atomic E-state index is -0.683. The van der Waals surface area contributed by atoms with Crippen molar-refractivity contribution in [2.45, 2.75) is 19.9 Å². The molecule has 9 nitrogen and oxygen atoms in total. The van der Waals surface area contributed by atoms with Crippen LogP contribution in [0.4, 0.5) is 5.69 Å². The third-order valence-corrected chi connectivity index (χ3v) is 4.52. The highest BCUT2D eigenvalue weighted by Crippen LogP contribution is 2.38. The molecule has 0 aliphatic heterocycles. The Kier molecular flexibility index (Phi) is 6.96. The molecule has 31 heavy (non-hydrogen) atoms. The van der Waals surface area contributed by atoms with Crippen molar-refractivity contribution in [3.05, 3.63) is 54.1 Å². The fourth-order valence-electron chi connectivity index (χ4n) is 2.99. The Morgan fingerprint density at radius 2 is 1.94 bits per heavy atom. The molecule has 0 saturated carbocycles. The second-order valence-electron chi connectivity index (χ2n) is 6.67. The first-order valence-corrected chi connectivity index (χ1v) is 9.58. The first-order chi connectivity index (χ1) is 15.0. The monoisotopic (exact) mass is 419 g/mol. The van der Waals surface area contributed by atoms with Crippen molar-refractivity contribution < 1.29 is 19.4 Å². The minimum Gasteiger partial charge on any atom is -0.493 e. The number of aromatic hydroxyl groups is 1. The maximum absolute atomic E-state index is 12.0. The molecule has 0 bridgehead atoms. The average Bonchev–Trinajstić information content (AvgIpc) is 3.04. The lowest BCUT2D eigenvalue weighted by Gasteiger charge is -2.08. The van der Waals surface area contributed by atoms with Crippen LogP contribution in [0.15, 0.2) is 58.8 Å². The highest BCUT2D eigenvalue weighted by Gasteiger charge is 2.16. The molecule has 3 rings (SSSR count). The topological polar surface area (TPSA) is 129 Å². The summed E-state index contributed by atoms with van der Waals surface area (Å²) in [6.07, 6.45) is 0.207. The number of nitrogens with zero attached hydrogens (tertiary/aromatic N) is 4. The number of azo groups is 1. The summed E-state index contributed by atoms with van der Waals surface area (Å²) in [5.74, 6) is -0.740. The summed E-state index contributed by atoms with van der Waals surface area (Å²) in [7, 11) is 0. The number of carbonyl (C=O) groups excluding carboxylic acids is 2. The number of aromatic nitrogens is 1. The van der Waals surface area contributed by atoms with Gasteiger partial charge in [0.15, 0.2) is 12.3 Å². The second kappa shape index (κ2) is 10.0. The van der Waals surface area contributed by atoms with Crippen LogP contribution in [-0.4, -0.2) is 34.6 Å². The molecule has 0 radical (unpaired) electrons. The number of amides is 2. The summed E-state index contributed by atoms with van der Waals surface area (Å²) < 4.78 is 6.97. The molecule has 0 spiro atoms. The van der Waals surface area contributed by atoms with Gasteiger partial charge in [0, 0.05) is 11.9 Å². The first-order valence-electron chi connectivity index (χ1n) is 9.58. The van der Waals surface area contributed by atoms with Gasteiger partial charge in [-0.25, -0.2) is 0 Å². The summed E-state index contributed by atoms with van der Waals surface area (Å²) in [4.78, 5) is 23.9. The zero-order chi connectivity index (χ0) is 22.2. The Morgan fingerprint density at radius 3 is 2.71 bits per heavy atom. The van der Waals surface area contributed by atoms with E-state index in [2.05, 4.69) is 15.5 Å². The normalized spacial score (nSPS) is 10.8. The van der Waals surface area contributed by atoms with Crippen LogP contribution in [0.2, 0.25) is 0 Å². The first kappa shape index (κ1) is 21.5. The maximum atomic E-state index is 12.0. The van der Waals surface area contributed by atoms with Gasteiger partial charge in [-0.3, -0.25) is 9.59 Å². The number of aryl methyl sites for hydroxylation is 2. The molecule has 0 fully saturated rings. The number of nitrogens with one attached hydrogen (secondary N) is 1. The summed E-state index contributed by atoms with van der Waals surface area (Å²) in [6.45, 7) is 1.56. The van der Waals surface area contributed by atoms with Crippen molar-refractivity contribution in [2.75, 3.05) is 13.2 Å². The largest absolute Gasteiger partial charge is 0.493 e. The molecule has 0 aliphatic carbocycles. The van der Waals surface area contributed by atoms with E-state index in [-0.39, 0.29) is 37.7 Å². The van der Waals surface area contributed by atoms with E-state index >= 15 is 0 Å². The van der Waals surface area contributed by atoms with Gasteiger partial charge >= 0.3 is 0 Å². The molecule has 9 heteroatoms. The van der Waals surface area contributed by atoms with E-state index in [9.17, 15) is 14.7 Å². The molecular formula is C22H21N5O4. The van der Waals surface area contributed by atoms with Gasteiger partial charge in [-0.15, -0.1) is 10.2 Å². The molecule has 2 N–H and O–H groups in total. The zero-order valence-corrected chi connectivity index (χ0v) is 16.9. The Hall–Kier alpha value is -4.19. The Labute approximate surface area is 178 Å². The zero-order valence-electron chi connectivity index (χ0n) is 16.9. The van der Waals surface area contributed by atoms with Crippen LogP contribution in [0.3, 0.4) is 0 Å². The average molecular weight is 419 g/mol. The molecule has 0 unspecified atom stereocenters. The van der Waals surface area contributed by atoms with Crippen LogP contribution < -0.4 is 10.1 Å². The smallest absolute Gasteiger partial charge is 0.283 e. The van der Waals surface area contributed by atoms with E-state index in [4.69, 9.17) is 10.00 Å². The van der Waals surface area contributed by atoms with Crippen molar-refractivity contribution in [2.24, 2.45) is 10.2 Å². The van der Waals surface area contributed by atoms with Crippen molar-refractivity contribution in [1.29, 1.82) is 5.26 Å². The number of benzene rings is 2. The molecule has 2 amide bonds. The number of fused-ring (bicyclic) bond motifs is 1. The highest BCUT2D eigenvalue weighted by atomic mass is 16.5. The van der Waals surface area contributed by atoms with Crippen LogP contribution in [0.5, 0.6) is 11.6 Å². The van der Waals surface area contributed by atoms with Crippen molar-refractivity contribution in [3.8, 4) is 17.7 Å².